The summed E-state index contributed by atoms with van der Waals surface area (Å²) >= 11 is 0. The standard InChI is InChI=1S/C20H37N5O2S/c1-16(2)25(17(3)4)15-7-12-22-20(21-6)23-13-14-24-28(26,27)19-10-8-18(5)9-11-19/h8-11,16-17,24H,7,12-15H2,1-6H3,(H2,21,22,23). The SMILES string of the molecule is CN=C(NCCCN(C(C)C)C(C)C)NCCNS(=O)(=O)c1ccc(C)cc1. The molecule has 8 heteroatoms. The molecule has 1 aromatic carbocycles. The smallest absolute Gasteiger partial charge is 0.240 e. The summed E-state index contributed by atoms with van der Waals surface area (Å²) < 4.78 is 27.1. The summed E-state index contributed by atoms with van der Waals surface area (Å²) in [6.45, 7) is 13.4. The van der Waals surface area contributed by atoms with Gasteiger partial charge in [0.05, 0.1) is 4.90 Å². The fraction of sp³-hybridized carbons (Fsp3) is 0.650. The van der Waals surface area contributed by atoms with Crippen molar-refractivity contribution < 1.29 is 8.42 Å². The predicted molar refractivity (Wildman–Crippen MR) is 117 cm³/mol. The van der Waals surface area contributed by atoms with Gasteiger partial charge in [-0.1, -0.05) is 17.7 Å². The minimum absolute atomic E-state index is 0.278. The number of hydrogen-bond acceptors (Lipinski definition) is 4. The van der Waals surface area contributed by atoms with Gasteiger partial charge < -0.3 is 10.6 Å². The van der Waals surface area contributed by atoms with Crippen LogP contribution < -0.4 is 15.4 Å². The van der Waals surface area contributed by atoms with Crippen LogP contribution in [0.4, 0.5) is 0 Å². The topological polar surface area (TPSA) is 85.8 Å². The molecule has 160 valence electrons. The zero-order valence-corrected chi connectivity index (χ0v) is 18.9. The van der Waals surface area contributed by atoms with E-state index in [1.54, 1.807) is 31.3 Å². The molecule has 0 fully saturated rings. The van der Waals surface area contributed by atoms with Crippen molar-refractivity contribution in [2.24, 2.45) is 4.99 Å². The van der Waals surface area contributed by atoms with Gasteiger partial charge in [-0.15, -0.1) is 0 Å². The zero-order valence-electron chi connectivity index (χ0n) is 18.1. The number of aryl methyl sites for hydroxylation is 1. The summed E-state index contributed by atoms with van der Waals surface area (Å²) in [5.74, 6) is 0.676. The third-order valence-electron chi connectivity index (χ3n) is 4.48. The monoisotopic (exact) mass is 411 g/mol. The highest BCUT2D eigenvalue weighted by molar-refractivity contribution is 7.89. The van der Waals surface area contributed by atoms with E-state index >= 15 is 0 Å². The molecule has 0 radical (unpaired) electrons. The minimum Gasteiger partial charge on any atom is -0.356 e. The fourth-order valence-electron chi connectivity index (χ4n) is 2.97. The molecule has 0 saturated carbocycles. The van der Waals surface area contributed by atoms with E-state index in [-0.39, 0.29) is 11.4 Å². The average molecular weight is 412 g/mol. The van der Waals surface area contributed by atoms with Crippen LogP contribution in [0.15, 0.2) is 34.2 Å². The molecular weight excluding hydrogens is 374 g/mol. The Morgan fingerprint density at radius 3 is 2.11 bits per heavy atom. The largest absolute Gasteiger partial charge is 0.356 e. The maximum Gasteiger partial charge on any atom is 0.240 e. The third kappa shape index (κ3) is 8.58. The molecule has 0 aromatic heterocycles. The molecule has 0 heterocycles. The summed E-state index contributed by atoms with van der Waals surface area (Å²) in [6.07, 6.45) is 1.01. The first-order valence-corrected chi connectivity index (χ1v) is 11.4. The Morgan fingerprint density at radius 2 is 1.57 bits per heavy atom. The maximum absolute atomic E-state index is 12.3. The van der Waals surface area contributed by atoms with Gasteiger partial charge in [-0.25, -0.2) is 13.1 Å². The first-order chi connectivity index (χ1) is 13.2. The van der Waals surface area contributed by atoms with E-state index in [1.807, 2.05) is 6.92 Å². The van der Waals surface area contributed by atoms with Gasteiger partial charge in [0.15, 0.2) is 5.96 Å². The lowest BCUT2D eigenvalue weighted by Gasteiger charge is -2.30. The van der Waals surface area contributed by atoms with Gasteiger partial charge in [0, 0.05) is 45.3 Å². The van der Waals surface area contributed by atoms with E-state index in [0.717, 1.165) is 25.1 Å². The molecule has 1 aromatic rings. The van der Waals surface area contributed by atoms with Crippen LogP contribution in [-0.2, 0) is 10.0 Å². The summed E-state index contributed by atoms with van der Waals surface area (Å²) in [5, 5.41) is 6.41. The molecule has 0 amide bonds. The summed E-state index contributed by atoms with van der Waals surface area (Å²) in [6, 6.07) is 7.86. The molecule has 0 saturated heterocycles. The van der Waals surface area contributed by atoms with E-state index in [1.165, 1.54) is 0 Å². The molecule has 0 aliphatic heterocycles. The van der Waals surface area contributed by atoms with Gasteiger partial charge in [-0.05, 0) is 53.2 Å². The number of guanidine groups is 1. The molecule has 28 heavy (non-hydrogen) atoms. The van der Waals surface area contributed by atoms with Gasteiger partial charge in [0.25, 0.3) is 0 Å². The van der Waals surface area contributed by atoms with Crippen molar-refractivity contribution in [1.29, 1.82) is 0 Å². The van der Waals surface area contributed by atoms with Crippen molar-refractivity contribution in [3.63, 3.8) is 0 Å². The molecule has 0 spiro atoms. The van der Waals surface area contributed by atoms with Gasteiger partial charge in [0.2, 0.25) is 10.0 Å². The van der Waals surface area contributed by atoms with Crippen molar-refractivity contribution in [1.82, 2.24) is 20.3 Å². The molecular formula is C20H37N5O2S. The van der Waals surface area contributed by atoms with Crippen LogP contribution in [0.3, 0.4) is 0 Å². The first kappa shape index (κ1) is 24.4. The molecule has 3 N–H and O–H groups in total. The first-order valence-electron chi connectivity index (χ1n) is 9.94. The molecule has 0 aliphatic carbocycles. The number of hydrogen-bond donors (Lipinski definition) is 3. The molecule has 0 bridgehead atoms. The lowest BCUT2D eigenvalue weighted by atomic mass is 10.2. The lowest BCUT2D eigenvalue weighted by molar-refractivity contribution is 0.173. The van der Waals surface area contributed by atoms with Crippen molar-refractivity contribution in [2.75, 3.05) is 33.2 Å². The van der Waals surface area contributed by atoms with Crippen LogP contribution in [0.1, 0.15) is 39.7 Å². The molecule has 1 rings (SSSR count). The number of rotatable bonds is 11. The maximum atomic E-state index is 12.3. The van der Waals surface area contributed by atoms with E-state index in [2.05, 4.69) is 52.9 Å². The Morgan fingerprint density at radius 1 is 1.00 bits per heavy atom. The Labute approximate surface area is 171 Å². The van der Waals surface area contributed by atoms with Crippen molar-refractivity contribution in [3.8, 4) is 0 Å². The predicted octanol–water partition coefficient (Wildman–Crippen LogP) is 1.95. The Hall–Kier alpha value is -1.64. The van der Waals surface area contributed by atoms with Gasteiger partial charge >= 0.3 is 0 Å². The summed E-state index contributed by atoms with van der Waals surface area (Å²) in [4.78, 5) is 6.91. The highest BCUT2D eigenvalue weighted by Gasteiger charge is 2.13. The lowest BCUT2D eigenvalue weighted by Crippen LogP contribution is -2.43. The van der Waals surface area contributed by atoms with Gasteiger partial charge in [-0.2, -0.15) is 0 Å². The van der Waals surface area contributed by atoms with Crippen LogP contribution in [0.2, 0.25) is 0 Å². The number of sulfonamides is 1. The average Bonchev–Trinajstić information content (AvgIpc) is 2.62. The van der Waals surface area contributed by atoms with Crippen LogP contribution >= 0.6 is 0 Å². The van der Waals surface area contributed by atoms with E-state index in [4.69, 9.17) is 0 Å². The molecule has 0 atom stereocenters. The minimum atomic E-state index is -3.48. The number of nitrogens with one attached hydrogen (secondary N) is 3. The zero-order chi connectivity index (χ0) is 21.2. The third-order valence-corrected chi connectivity index (χ3v) is 5.95. The van der Waals surface area contributed by atoms with E-state index in [0.29, 0.717) is 24.6 Å². The normalized spacial score (nSPS) is 12.8. The quantitative estimate of drug-likeness (QED) is 0.294. The van der Waals surface area contributed by atoms with Crippen LogP contribution in [0.5, 0.6) is 0 Å². The second-order valence-electron chi connectivity index (χ2n) is 7.42. The molecule has 7 nitrogen and oxygen atoms in total. The number of aliphatic imine (C=N–C) groups is 1. The van der Waals surface area contributed by atoms with Gasteiger partial charge in [0.1, 0.15) is 0 Å². The van der Waals surface area contributed by atoms with Crippen molar-refractivity contribution in [3.05, 3.63) is 29.8 Å². The fourth-order valence-corrected chi connectivity index (χ4v) is 4.00. The highest BCUT2D eigenvalue weighted by Crippen LogP contribution is 2.09. The number of benzene rings is 1. The Kier molecular flexibility index (Phi) is 10.5. The Bertz CT molecular complexity index is 692. The summed E-state index contributed by atoms with van der Waals surface area (Å²) in [5.41, 5.74) is 1.03. The van der Waals surface area contributed by atoms with Crippen LogP contribution in [0, 0.1) is 6.92 Å². The highest BCUT2D eigenvalue weighted by atomic mass is 32.2. The van der Waals surface area contributed by atoms with Crippen molar-refractivity contribution >= 4 is 16.0 Å². The number of nitrogens with zero attached hydrogens (tertiary/aromatic N) is 2. The van der Waals surface area contributed by atoms with Crippen LogP contribution in [0.25, 0.3) is 0 Å². The Balaban J connectivity index is 2.32. The van der Waals surface area contributed by atoms with Crippen LogP contribution in [-0.4, -0.2) is 64.6 Å². The summed E-state index contributed by atoms with van der Waals surface area (Å²) in [7, 11) is -1.78. The van der Waals surface area contributed by atoms with Crippen molar-refractivity contribution in [2.45, 2.75) is 58.0 Å². The second kappa shape index (κ2) is 12.0. The van der Waals surface area contributed by atoms with Gasteiger partial charge in [-0.3, -0.25) is 9.89 Å². The molecule has 0 aliphatic rings. The van der Waals surface area contributed by atoms with E-state index in [9.17, 15) is 8.42 Å². The van der Waals surface area contributed by atoms with E-state index < -0.39 is 10.0 Å². The second-order valence-corrected chi connectivity index (χ2v) is 9.18. The molecule has 0 unspecified atom stereocenters.